The van der Waals surface area contributed by atoms with E-state index in [4.69, 9.17) is 0 Å². The Labute approximate surface area is 70.2 Å². The van der Waals surface area contributed by atoms with Gasteiger partial charge >= 0.3 is 0 Å². The van der Waals surface area contributed by atoms with Gasteiger partial charge in [0.1, 0.15) is 12.1 Å². The first-order valence-electron chi connectivity index (χ1n) is 3.71. The van der Waals surface area contributed by atoms with Crippen molar-refractivity contribution in [1.29, 1.82) is 0 Å². The average molecular weight is 166 g/mol. The van der Waals surface area contributed by atoms with Crippen molar-refractivity contribution in [2.45, 2.75) is 19.8 Å². The van der Waals surface area contributed by atoms with Crippen LogP contribution in [0.4, 0.5) is 0 Å². The Balaban J connectivity index is 2.45. The van der Waals surface area contributed by atoms with E-state index < -0.39 is 0 Å². The molecule has 0 aliphatic heterocycles. The predicted molar refractivity (Wildman–Crippen MR) is 42.8 cm³/mol. The van der Waals surface area contributed by atoms with Crippen LogP contribution in [0, 0.1) is 0 Å². The van der Waals surface area contributed by atoms with Crippen LogP contribution in [-0.4, -0.2) is 21.2 Å². The summed E-state index contributed by atoms with van der Waals surface area (Å²) in [4.78, 5) is 25.4. The first kappa shape index (κ1) is 8.64. The largest absolute Gasteiger partial charge is 0.300 e. The molecule has 4 nitrogen and oxygen atoms in total. The minimum absolute atomic E-state index is 0.0310. The van der Waals surface area contributed by atoms with Crippen molar-refractivity contribution in [2.24, 2.45) is 0 Å². The third-order valence-electron chi connectivity index (χ3n) is 1.48. The summed E-state index contributed by atoms with van der Waals surface area (Å²) in [7, 11) is 0. The molecule has 0 unspecified atom stereocenters. The molecule has 1 heterocycles. The summed E-state index contributed by atoms with van der Waals surface area (Å²) in [6.07, 6.45) is 5.10. The number of nitrogens with zero attached hydrogens (tertiary/aromatic N) is 2. The molecule has 1 aromatic heterocycles. The molecule has 1 rings (SSSR count). The summed E-state index contributed by atoms with van der Waals surface area (Å²) >= 11 is 0. The molecule has 0 saturated heterocycles. The number of aromatic nitrogens is 2. The highest BCUT2D eigenvalue weighted by Crippen LogP contribution is 1.95. The molecule has 0 fully saturated rings. The van der Waals surface area contributed by atoms with E-state index in [2.05, 4.69) is 4.98 Å². The monoisotopic (exact) mass is 166 g/mol. The Hall–Kier alpha value is -1.45. The minimum atomic E-state index is -0.0947. The van der Waals surface area contributed by atoms with Gasteiger partial charge in [-0.2, -0.15) is 0 Å². The van der Waals surface area contributed by atoms with Crippen LogP contribution in [0.2, 0.25) is 0 Å². The Morgan fingerprint density at radius 1 is 1.42 bits per heavy atom. The SMILES string of the molecule is CC(=O)CCC(=O)n1ccnc1. The quantitative estimate of drug-likeness (QED) is 0.670. The van der Waals surface area contributed by atoms with Gasteiger partial charge in [-0.3, -0.25) is 9.36 Å². The third kappa shape index (κ3) is 2.30. The topological polar surface area (TPSA) is 52.0 Å². The average Bonchev–Trinajstić information content (AvgIpc) is 2.51. The molecule has 0 aliphatic carbocycles. The summed E-state index contributed by atoms with van der Waals surface area (Å²) in [6, 6.07) is 0. The van der Waals surface area contributed by atoms with Gasteiger partial charge < -0.3 is 4.79 Å². The molecular weight excluding hydrogens is 156 g/mol. The lowest BCUT2D eigenvalue weighted by molar-refractivity contribution is -0.117. The molecule has 0 atom stereocenters. The van der Waals surface area contributed by atoms with Crippen molar-refractivity contribution < 1.29 is 9.59 Å². The van der Waals surface area contributed by atoms with Gasteiger partial charge in [-0.1, -0.05) is 0 Å². The molecule has 0 radical (unpaired) electrons. The fraction of sp³-hybridized carbons (Fsp3) is 0.375. The van der Waals surface area contributed by atoms with Crippen molar-refractivity contribution >= 4 is 11.7 Å². The van der Waals surface area contributed by atoms with Gasteiger partial charge in [0, 0.05) is 25.2 Å². The summed E-state index contributed by atoms with van der Waals surface area (Å²) in [5, 5.41) is 0. The molecule has 64 valence electrons. The highest BCUT2D eigenvalue weighted by atomic mass is 16.2. The minimum Gasteiger partial charge on any atom is -0.300 e. The number of ketones is 1. The van der Waals surface area contributed by atoms with E-state index >= 15 is 0 Å². The molecule has 1 aromatic rings. The number of carbonyl (C=O) groups is 2. The van der Waals surface area contributed by atoms with Crippen LogP contribution in [0.5, 0.6) is 0 Å². The maximum Gasteiger partial charge on any atom is 0.232 e. The number of Topliss-reactive ketones (excluding diaryl/α,β-unsaturated/α-hetero) is 1. The molecule has 4 heteroatoms. The maximum atomic E-state index is 11.2. The zero-order valence-electron chi connectivity index (χ0n) is 6.86. The first-order chi connectivity index (χ1) is 5.70. The van der Waals surface area contributed by atoms with Crippen LogP contribution in [0.1, 0.15) is 24.6 Å². The van der Waals surface area contributed by atoms with Crippen LogP contribution >= 0.6 is 0 Å². The molecule has 0 amide bonds. The molecule has 0 aromatic carbocycles. The van der Waals surface area contributed by atoms with E-state index in [0.717, 1.165) is 0 Å². The third-order valence-corrected chi connectivity index (χ3v) is 1.48. The molecule has 0 aliphatic rings. The maximum absolute atomic E-state index is 11.2. The lowest BCUT2D eigenvalue weighted by atomic mass is 10.2. The van der Waals surface area contributed by atoms with Crippen molar-refractivity contribution in [3.63, 3.8) is 0 Å². The second-order valence-corrected chi connectivity index (χ2v) is 2.57. The van der Waals surface area contributed by atoms with E-state index in [1.165, 1.54) is 24.0 Å². The fourth-order valence-electron chi connectivity index (χ4n) is 0.819. The second-order valence-electron chi connectivity index (χ2n) is 2.57. The Morgan fingerprint density at radius 2 is 2.17 bits per heavy atom. The smallest absolute Gasteiger partial charge is 0.232 e. The number of rotatable bonds is 3. The van der Waals surface area contributed by atoms with Gasteiger partial charge in [-0.25, -0.2) is 4.98 Å². The highest BCUT2D eigenvalue weighted by molar-refractivity contribution is 5.84. The Bertz CT molecular complexity index is 277. The summed E-state index contributed by atoms with van der Waals surface area (Å²) in [5.74, 6) is -0.0637. The molecule has 0 N–H and O–H groups in total. The second kappa shape index (κ2) is 3.80. The van der Waals surface area contributed by atoms with Crippen LogP contribution in [0.25, 0.3) is 0 Å². The van der Waals surface area contributed by atoms with Crippen LogP contribution in [-0.2, 0) is 4.79 Å². The van der Waals surface area contributed by atoms with E-state index in [1.807, 2.05) is 0 Å². The number of hydrogen-bond donors (Lipinski definition) is 0. The van der Waals surface area contributed by atoms with Crippen molar-refractivity contribution in [2.75, 3.05) is 0 Å². The van der Waals surface area contributed by atoms with E-state index in [9.17, 15) is 9.59 Å². The van der Waals surface area contributed by atoms with Crippen LogP contribution in [0.3, 0.4) is 0 Å². The van der Waals surface area contributed by atoms with Crippen molar-refractivity contribution in [3.8, 4) is 0 Å². The van der Waals surface area contributed by atoms with Crippen molar-refractivity contribution in [1.82, 2.24) is 9.55 Å². The number of hydrogen-bond acceptors (Lipinski definition) is 3. The predicted octanol–water partition coefficient (Wildman–Crippen LogP) is 0.892. The van der Waals surface area contributed by atoms with Gasteiger partial charge in [-0.05, 0) is 6.92 Å². The fourth-order valence-corrected chi connectivity index (χ4v) is 0.819. The molecule has 0 bridgehead atoms. The standard InChI is InChI=1S/C8H10N2O2/c1-7(11)2-3-8(12)10-5-4-9-6-10/h4-6H,2-3H2,1H3. The van der Waals surface area contributed by atoms with E-state index in [-0.39, 0.29) is 18.1 Å². The van der Waals surface area contributed by atoms with Gasteiger partial charge in [0.15, 0.2) is 0 Å². The Kier molecular flexibility index (Phi) is 2.74. The zero-order chi connectivity index (χ0) is 8.97. The summed E-state index contributed by atoms with van der Waals surface area (Å²) in [5.41, 5.74) is 0. The van der Waals surface area contributed by atoms with E-state index in [1.54, 1.807) is 6.20 Å². The molecule has 0 saturated carbocycles. The molecule has 0 spiro atoms. The zero-order valence-corrected chi connectivity index (χ0v) is 6.86. The lowest BCUT2D eigenvalue weighted by Gasteiger charge is -1.97. The van der Waals surface area contributed by atoms with Gasteiger partial charge in [-0.15, -0.1) is 0 Å². The number of imidazole rings is 1. The Morgan fingerprint density at radius 3 is 2.67 bits per heavy atom. The van der Waals surface area contributed by atoms with Crippen LogP contribution < -0.4 is 0 Å². The summed E-state index contributed by atoms with van der Waals surface area (Å²) in [6.45, 7) is 1.47. The first-order valence-corrected chi connectivity index (χ1v) is 3.71. The number of carbonyl (C=O) groups excluding carboxylic acids is 2. The molecule has 12 heavy (non-hydrogen) atoms. The van der Waals surface area contributed by atoms with Gasteiger partial charge in [0.2, 0.25) is 5.91 Å². The van der Waals surface area contributed by atoms with Crippen LogP contribution in [0.15, 0.2) is 18.7 Å². The normalized spacial score (nSPS) is 9.75. The van der Waals surface area contributed by atoms with Gasteiger partial charge in [0.25, 0.3) is 0 Å². The highest BCUT2D eigenvalue weighted by Gasteiger charge is 2.04. The van der Waals surface area contributed by atoms with Crippen molar-refractivity contribution in [3.05, 3.63) is 18.7 Å². The lowest BCUT2D eigenvalue weighted by Crippen LogP contribution is -2.09. The summed E-state index contributed by atoms with van der Waals surface area (Å²) < 4.78 is 1.38. The van der Waals surface area contributed by atoms with Gasteiger partial charge in [0.05, 0.1) is 0 Å². The van der Waals surface area contributed by atoms with E-state index in [0.29, 0.717) is 6.42 Å². The molecular formula is C8H10N2O2.